The van der Waals surface area contributed by atoms with Gasteiger partial charge in [-0.2, -0.15) is 0 Å². The van der Waals surface area contributed by atoms with Crippen LogP contribution in [0, 0.1) is 12.3 Å². The van der Waals surface area contributed by atoms with Gasteiger partial charge in [-0.3, -0.25) is 0 Å². The topological polar surface area (TPSA) is 61.8 Å². The van der Waals surface area contributed by atoms with E-state index in [2.05, 4.69) is 36.5 Å². The molecule has 2 amide bonds. The fraction of sp³-hybridized carbons (Fsp3) is 0.650. The molecule has 1 saturated heterocycles. The zero-order valence-electron chi connectivity index (χ0n) is 15.3. The minimum Gasteiger partial charge on any atom is -0.392 e. The molecule has 1 aromatic carbocycles. The van der Waals surface area contributed by atoms with E-state index in [0.717, 1.165) is 25.7 Å². The first-order chi connectivity index (χ1) is 12.0. The lowest BCUT2D eigenvalue weighted by molar-refractivity contribution is -0.207. The van der Waals surface area contributed by atoms with Gasteiger partial charge in [0, 0.05) is 38.1 Å². The van der Waals surface area contributed by atoms with Crippen LogP contribution in [0.5, 0.6) is 0 Å². The second kappa shape index (κ2) is 7.75. The van der Waals surface area contributed by atoms with Gasteiger partial charge in [0.2, 0.25) is 0 Å². The minimum atomic E-state index is -0.282. The molecule has 2 fully saturated rings. The Bertz CT molecular complexity index is 594. The monoisotopic (exact) mass is 346 g/mol. The average molecular weight is 346 g/mol. The first-order valence-electron chi connectivity index (χ1n) is 9.43. The number of piperidine rings is 1. The first-order valence-corrected chi connectivity index (χ1v) is 9.43. The van der Waals surface area contributed by atoms with Crippen LogP contribution < -0.4 is 5.32 Å². The highest BCUT2D eigenvalue weighted by Gasteiger charge is 2.56. The van der Waals surface area contributed by atoms with Crippen molar-refractivity contribution in [3.63, 3.8) is 0 Å². The van der Waals surface area contributed by atoms with Gasteiger partial charge < -0.3 is 20.1 Å². The van der Waals surface area contributed by atoms with Crippen molar-refractivity contribution < 1.29 is 14.6 Å². The molecular weight excluding hydrogens is 316 g/mol. The Morgan fingerprint density at radius 2 is 2.16 bits per heavy atom. The normalized spacial score (nSPS) is 24.8. The number of carbonyl (C=O) groups excluding carboxylic acids is 1. The lowest BCUT2D eigenvalue weighted by Gasteiger charge is -2.56. The SMILES string of the molecule is CCOC1CC(O)C12CCN(C(=O)NCCc1cccc(C)c1)CC2. The molecule has 1 aliphatic heterocycles. The molecule has 2 aliphatic rings. The van der Waals surface area contributed by atoms with Gasteiger partial charge in [-0.1, -0.05) is 29.8 Å². The van der Waals surface area contributed by atoms with Crippen molar-refractivity contribution in [1.29, 1.82) is 0 Å². The number of nitrogens with zero attached hydrogens (tertiary/aromatic N) is 1. The van der Waals surface area contributed by atoms with E-state index < -0.39 is 0 Å². The van der Waals surface area contributed by atoms with Crippen molar-refractivity contribution >= 4 is 6.03 Å². The van der Waals surface area contributed by atoms with Gasteiger partial charge >= 0.3 is 6.03 Å². The third kappa shape index (κ3) is 3.82. The maximum absolute atomic E-state index is 12.4. The standard InChI is InChI=1S/C20H30N2O3/c1-3-25-18-14-17(23)20(18)8-11-22(12-9-20)19(24)21-10-7-16-6-4-5-15(2)13-16/h4-6,13,17-18,23H,3,7-12,14H2,1-2H3,(H,21,24). The number of hydrogen-bond donors (Lipinski definition) is 2. The van der Waals surface area contributed by atoms with Gasteiger partial charge in [-0.05, 0) is 38.7 Å². The summed E-state index contributed by atoms with van der Waals surface area (Å²) in [7, 11) is 0. The van der Waals surface area contributed by atoms with Crippen LogP contribution in [-0.2, 0) is 11.2 Å². The van der Waals surface area contributed by atoms with Crippen molar-refractivity contribution in [2.45, 2.75) is 51.7 Å². The van der Waals surface area contributed by atoms with E-state index in [1.165, 1.54) is 11.1 Å². The Morgan fingerprint density at radius 3 is 2.80 bits per heavy atom. The molecule has 1 aromatic rings. The minimum absolute atomic E-state index is 0.00396. The van der Waals surface area contributed by atoms with Gasteiger partial charge in [0.15, 0.2) is 0 Å². The summed E-state index contributed by atoms with van der Waals surface area (Å²) in [5.74, 6) is 0. The zero-order valence-corrected chi connectivity index (χ0v) is 15.3. The lowest BCUT2D eigenvalue weighted by Crippen LogP contribution is -2.63. The van der Waals surface area contributed by atoms with Gasteiger partial charge in [0.25, 0.3) is 0 Å². The molecule has 1 spiro atoms. The summed E-state index contributed by atoms with van der Waals surface area (Å²) in [6.07, 6.45) is 3.09. The predicted molar refractivity (Wildman–Crippen MR) is 97.6 cm³/mol. The number of aliphatic hydroxyl groups is 1. The van der Waals surface area contributed by atoms with Crippen LogP contribution >= 0.6 is 0 Å². The van der Waals surface area contributed by atoms with E-state index in [1.54, 1.807) is 0 Å². The van der Waals surface area contributed by atoms with Crippen LogP contribution in [-0.4, -0.2) is 54.5 Å². The van der Waals surface area contributed by atoms with Gasteiger partial charge in [0.05, 0.1) is 12.2 Å². The maximum atomic E-state index is 12.4. The summed E-state index contributed by atoms with van der Waals surface area (Å²) in [5, 5.41) is 13.3. The molecular formula is C20H30N2O3. The van der Waals surface area contributed by atoms with Crippen molar-refractivity contribution in [2.75, 3.05) is 26.2 Å². The summed E-state index contributed by atoms with van der Waals surface area (Å²) in [5.41, 5.74) is 2.36. The number of ether oxygens (including phenoxy) is 1. The summed E-state index contributed by atoms with van der Waals surface area (Å²) in [4.78, 5) is 14.3. The molecule has 25 heavy (non-hydrogen) atoms. The third-order valence-electron chi connectivity index (χ3n) is 5.86. The Labute approximate surface area is 150 Å². The molecule has 1 saturated carbocycles. The molecule has 2 N–H and O–H groups in total. The molecule has 3 rings (SSSR count). The number of aryl methyl sites for hydroxylation is 1. The third-order valence-corrected chi connectivity index (χ3v) is 5.86. The second-order valence-electron chi connectivity index (χ2n) is 7.39. The zero-order chi connectivity index (χ0) is 17.9. The smallest absolute Gasteiger partial charge is 0.317 e. The van der Waals surface area contributed by atoms with E-state index in [9.17, 15) is 9.90 Å². The molecule has 1 aliphatic carbocycles. The van der Waals surface area contributed by atoms with Crippen molar-refractivity contribution in [1.82, 2.24) is 10.2 Å². The number of carbonyl (C=O) groups is 1. The number of nitrogens with one attached hydrogen (secondary N) is 1. The second-order valence-corrected chi connectivity index (χ2v) is 7.39. The van der Waals surface area contributed by atoms with Crippen LogP contribution in [0.1, 0.15) is 37.3 Å². The maximum Gasteiger partial charge on any atom is 0.317 e. The molecule has 5 nitrogen and oxygen atoms in total. The number of hydrogen-bond acceptors (Lipinski definition) is 3. The fourth-order valence-corrected chi connectivity index (χ4v) is 4.24. The fourth-order valence-electron chi connectivity index (χ4n) is 4.24. The van der Waals surface area contributed by atoms with E-state index in [0.29, 0.717) is 26.2 Å². The highest BCUT2D eigenvalue weighted by Crippen LogP contribution is 2.50. The van der Waals surface area contributed by atoms with Crippen LogP contribution in [0.15, 0.2) is 24.3 Å². The van der Waals surface area contributed by atoms with E-state index in [4.69, 9.17) is 4.74 Å². The molecule has 0 bridgehead atoms. The highest BCUT2D eigenvalue weighted by atomic mass is 16.5. The molecule has 2 unspecified atom stereocenters. The van der Waals surface area contributed by atoms with Crippen molar-refractivity contribution in [2.24, 2.45) is 5.41 Å². The highest BCUT2D eigenvalue weighted by molar-refractivity contribution is 5.74. The number of amides is 2. The van der Waals surface area contributed by atoms with Gasteiger partial charge in [-0.25, -0.2) is 4.79 Å². The summed E-state index contributed by atoms with van der Waals surface area (Å²) in [6.45, 7) is 6.79. The van der Waals surface area contributed by atoms with Crippen molar-refractivity contribution in [3.8, 4) is 0 Å². The van der Waals surface area contributed by atoms with Gasteiger partial charge in [-0.15, -0.1) is 0 Å². The van der Waals surface area contributed by atoms with E-state index >= 15 is 0 Å². The van der Waals surface area contributed by atoms with Crippen LogP contribution in [0.2, 0.25) is 0 Å². The Hall–Kier alpha value is -1.59. The molecule has 0 aromatic heterocycles. The summed E-state index contributed by atoms with van der Waals surface area (Å²) in [6, 6.07) is 8.38. The number of rotatable bonds is 5. The van der Waals surface area contributed by atoms with Crippen LogP contribution in [0.25, 0.3) is 0 Å². The Kier molecular flexibility index (Phi) is 5.64. The largest absolute Gasteiger partial charge is 0.392 e. The first kappa shape index (κ1) is 18.2. The van der Waals surface area contributed by atoms with Crippen molar-refractivity contribution in [3.05, 3.63) is 35.4 Å². The predicted octanol–water partition coefficient (Wildman–Crippen LogP) is 2.50. The average Bonchev–Trinajstić information content (AvgIpc) is 2.62. The number of urea groups is 1. The Balaban J connectivity index is 1.44. The van der Waals surface area contributed by atoms with E-state index in [-0.39, 0.29) is 23.7 Å². The molecule has 1 heterocycles. The Morgan fingerprint density at radius 1 is 1.40 bits per heavy atom. The molecule has 5 heteroatoms. The summed E-state index contributed by atoms with van der Waals surface area (Å²) >= 11 is 0. The molecule has 138 valence electrons. The number of aliphatic hydroxyl groups excluding tert-OH is 1. The van der Waals surface area contributed by atoms with Gasteiger partial charge in [0.1, 0.15) is 0 Å². The number of likely N-dealkylation sites (tertiary alicyclic amines) is 1. The summed E-state index contributed by atoms with van der Waals surface area (Å²) < 4.78 is 5.78. The lowest BCUT2D eigenvalue weighted by atomic mass is 9.58. The molecule has 0 radical (unpaired) electrons. The quantitative estimate of drug-likeness (QED) is 0.861. The molecule has 2 atom stereocenters. The number of benzene rings is 1. The van der Waals surface area contributed by atoms with Crippen LogP contribution in [0.4, 0.5) is 4.79 Å². The van der Waals surface area contributed by atoms with Crippen LogP contribution in [0.3, 0.4) is 0 Å². The van der Waals surface area contributed by atoms with E-state index in [1.807, 2.05) is 11.8 Å².